The summed E-state index contributed by atoms with van der Waals surface area (Å²) in [5.74, 6) is 0.709. The summed E-state index contributed by atoms with van der Waals surface area (Å²) in [4.78, 5) is 0. The fourth-order valence-corrected chi connectivity index (χ4v) is 3.04. The SMILES string of the molecule is CCCCC(CC)C(Cc1c(C)nn(C)c1Cl)NC. The van der Waals surface area contributed by atoms with Gasteiger partial charge in [0.1, 0.15) is 5.15 Å². The Hall–Kier alpha value is -0.540. The fraction of sp³-hybridized carbons (Fsp3) is 0.800. The molecule has 1 rings (SSSR count). The Bertz CT molecular complexity index is 387. The Kier molecular flexibility index (Phi) is 6.87. The zero-order valence-corrected chi connectivity index (χ0v) is 13.7. The monoisotopic (exact) mass is 285 g/mol. The molecular formula is C15H28ClN3. The number of halogens is 1. The molecule has 0 aromatic carbocycles. The second-order valence-corrected chi connectivity index (χ2v) is 5.75. The Morgan fingerprint density at radius 1 is 1.37 bits per heavy atom. The van der Waals surface area contributed by atoms with Gasteiger partial charge in [-0.2, -0.15) is 5.10 Å². The van der Waals surface area contributed by atoms with Crippen LogP contribution in [0.2, 0.25) is 5.15 Å². The molecule has 1 heterocycles. The topological polar surface area (TPSA) is 29.9 Å². The van der Waals surface area contributed by atoms with Gasteiger partial charge in [0.15, 0.2) is 0 Å². The second-order valence-electron chi connectivity index (χ2n) is 5.39. The molecule has 3 nitrogen and oxygen atoms in total. The Balaban J connectivity index is 2.79. The van der Waals surface area contributed by atoms with Crippen LogP contribution in [-0.2, 0) is 13.5 Å². The molecule has 4 heteroatoms. The molecule has 0 fully saturated rings. The number of unbranched alkanes of at least 4 members (excludes halogenated alkanes) is 1. The molecule has 0 saturated heterocycles. The highest BCUT2D eigenvalue weighted by molar-refractivity contribution is 6.30. The molecule has 19 heavy (non-hydrogen) atoms. The molecule has 2 unspecified atom stereocenters. The largest absolute Gasteiger partial charge is 0.316 e. The first kappa shape index (κ1) is 16.5. The third-order valence-electron chi connectivity index (χ3n) is 4.09. The van der Waals surface area contributed by atoms with Crippen molar-refractivity contribution in [3.05, 3.63) is 16.4 Å². The van der Waals surface area contributed by atoms with Gasteiger partial charge < -0.3 is 5.32 Å². The lowest BCUT2D eigenvalue weighted by Crippen LogP contribution is -2.35. The van der Waals surface area contributed by atoms with Gasteiger partial charge in [0.25, 0.3) is 0 Å². The van der Waals surface area contributed by atoms with E-state index in [2.05, 4.69) is 31.3 Å². The minimum Gasteiger partial charge on any atom is -0.316 e. The van der Waals surface area contributed by atoms with E-state index in [1.807, 2.05) is 14.0 Å². The number of rotatable bonds is 8. The van der Waals surface area contributed by atoms with Crippen molar-refractivity contribution in [1.29, 1.82) is 0 Å². The van der Waals surface area contributed by atoms with Crippen molar-refractivity contribution in [2.45, 2.75) is 58.9 Å². The zero-order chi connectivity index (χ0) is 14.4. The van der Waals surface area contributed by atoms with Crippen LogP contribution in [0.4, 0.5) is 0 Å². The Morgan fingerprint density at radius 2 is 2.05 bits per heavy atom. The number of nitrogens with one attached hydrogen (secondary N) is 1. The maximum absolute atomic E-state index is 6.34. The number of nitrogens with zero attached hydrogens (tertiary/aromatic N) is 2. The molecule has 0 spiro atoms. The summed E-state index contributed by atoms with van der Waals surface area (Å²) in [6, 6.07) is 0.483. The third kappa shape index (κ3) is 4.22. The van der Waals surface area contributed by atoms with Crippen LogP contribution in [0.3, 0.4) is 0 Å². The summed E-state index contributed by atoms with van der Waals surface area (Å²) >= 11 is 6.34. The van der Waals surface area contributed by atoms with Crippen LogP contribution in [0.15, 0.2) is 0 Å². The highest BCUT2D eigenvalue weighted by Gasteiger charge is 2.22. The Morgan fingerprint density at radius 3 is 2.47 bits per heavy atom. The number of hydrogen-bond donors (Lipinski definition) is 1. The molecule has 0 radical (unpaired) electrons. The summed E-state index contributed by atoms with van der Waals surface area (Å²) in [5.41, 5.74) is 2.25. The van der Waals surface area contributed by atoms with Crippen LogP contribution in [0.25, 0.3) is 0 Å². The number of aromatic nitrogens is 2. The molecule has 110 valence electrons. The van der Waals surface area contributed by atoms with Gasteiger partial charge in [-0.3, -0.25) is 4.68 Å². The summed E-state index contributed by atoms with van der Waals surface area (Å²) in [6.07, 6.45) is 6.03. The van der Waals surface area contributed by atoms with Gasteiger partial charge in [-0.15, -0.1) is 0 Å². The average molecular weight is 286 g/mol. The molecule has 0 bridgehead atoms. The summed E-state index contributed by atoms with van der Waals surface area (Å²) in [5, 5.41) is 8.66. The van der Waals surface area contributed by atoms with Crippen molar-refractivity contribution in [1.82, 2.24) is 15.1 Å². The lowest BCUT2D eigenvalue weighted by atomic mass is 9.87. The number of likely N-dealkylation sites (N-methyl/N-ethyl adjacent to an activating group) is 1. The van der Waals surface area contributed by atoms with Gasteiger partial charge in [0.05, 0.1) is 5.69 Å². The third-order valence-corrected chi connectivity index (χ3v) is 4.56. The van der Waals surface area contributed by atoms with E-state index >= 15 is 0 Å². The van der Waals surface area contributed by atoms with Crippen molar-refractivity contribution >= 4 is 11.6 Å². The first-order valence-corrected chi connectivity index (χ1v) is 7.78. The van der Waals surface area contributed by atoms with Gasteiger partial charge >= 0.3 is 0 Å². The summed E-state index contributed by atoms with van der Waals surface area (Å²) in [7, 11) is 3.96. The minimum atomic E-state index is 0.483. The molecule has 2 atom stereocenters. The van der Waals surface area contributed by atoms with Crippen LogP contribution in [0.1, 0.15) is 50.8 Å². The lowest BCUT2D eigenvalue weighted by molar-refractivity contribution is 0.330. The van der Waals surface area contributed by atoms with Gasteiger partial charge in [-0.05, 0) is 32.7 Å². The van der Waals surface area contributed by atoms with Crippen molar-refractivity contribution in [3.63, 3.8) is 0 Å². The van der Waals surface area contributed by atoms with Crippen LogP contribution >= 0.6 is 11.6 Å². The molecule has 1 aromatic heterocycles. The van der Waals surface area contributed by atoms with Crippen LogP contribution in [0, 0.1) is 12.8 Å². The zero-order valence-electron chi connectivity index (χ0n) is 13.0. The first-order valence-electron chi connectivity index (χ1n) is 7.40. The van der Waals surface area contributed by atoms with E-state index in [9.17, 15) is 0 Å². The maximum atomic E-state index is 6.34. The Labute approximate surface area is 122 Å². The predicted molar refractivity (Wildman–Crippen MR) is 82.8 cm³/mol. The molecular weight excluding hydrogens is 258 g/mol. The highest BCUT2D eigenvalue weighted by Crippen LogP contribution is 2.25. The first-order chi connectivity index (χ1) is 9.04. The molecule has 0 aliphatic rings. The molecule has 0 aliphatic heterocycles. The molecule has 0 amide bonds. The van der Waals surface area contributed by atoms with E-state index in [4.69, 9.17) is 11.6 Å². The molecule has 1 aromatic rings. The minimum absolute atomic E-state index is 0.483. The average Bonchev–Trinajstić information content (AvgIpc) is 2.64. The number of aryl methyl sites for hydroxylation is 2. The number of hydrogen-bond acceptors (Lipinski definition) is 2. The maximum Gasteiger partial charge on any atom is 0.130 e. The van der Waals surface area contributed by atoms with E-state index in [1.165, 1.54) is 31.2 Å². The van der Waals surface area contributed by atoms with Crippen LogP contribution < -0.4 is 5.32 Å². The van der Waals surface area contributed by atoms with Crippen molar-refractivity contribution in [3.8, 4) is 0 Å². The molecule has 1 N–H and O–H groups in total. The van der Waals surface area contributed by atoms with E-state index in [-0.39, 0.29) is 0 Å². The van der Waals surface area contributed by atoms with Crippen LogP contribution in [0.5, 0.6) is 0 Å². The van der Waals surface area contributed by atoms with Gasteiger partial charge in [0.2, 0.25) is 0 Å². The lowest BCUT2D eigenvalue weighted by Gasteiger charge is -2.26. The standard InChI is InChI=1S/C15H28ClN3/c1-6-8-9-12(7-2)14(17-4)10-13-11(3)18-19(5)15(13)16/h12,14,17H,6-10H2,1-5H3. The van der Waals surface area contributed by atoms with E-state index in [1.54, 1.807) is 4.68 Å². The van der Waals surface area contributed by atoms with Gasteiger partial charge in [-0.1, -0.05) is 44.7 Å². The highest BCUT2D eigenvalue weighted by atomic mass is 35.5. The predicted octanol–water partition coefficient (Wildman–Crippen LogP) is 3.73. The van der Waals surface area contributed by atoms with Gasteiger partial charge in [0, 0.05) is 18.7 Å². The van der Waals surface area contributed by atoms with Crippen LogP contribution in [-0.4, -0.2) is 22.9 Å². The fourth-order valence-electron chi connectivity index (χ4n) is 2.79. The van der Waals surface area contributed by atoms with Crippen molar-refractivity contribution in [2.24, 2.45) is 13.0 Å². The van der Waals surface area contributed by atoms with E-state index < -0.39 is 0 Å². The quantitative estimate of drug-likeness (QED) is 0.789. The summed E-state index contributed by atoms with van der Waals surface area (Å²) < 4.78 is 1.77. The van der Waals surface area contributed by atoms with E-state index in [0.29, 0.717) is 12.0 Å². The normalized spacial score (nSPS) is 14.6. The van der Waals surface area contributed by atoms with Gasteiger partial charge in [-0.25, -0.2) is 0 Å². The summed E-state index contributed by atoms with van der Waals surface area (Å²) in [6.45, 7) is 6.58. The molecule has 0 aliphatic carbocycles. The second kappa shape index (κ2) is 7.91. The smallest absolute Gasteiger partial charge is 0.130 e. The van der Waals surface area contributed by atoms with E-state index in [0.717, 1.165) is 17.3 Å². The van der Waals surface area contributed by atoms with Crippen molar-refractivity contribution in [2.75, 3.05) is 7.05 Å². The molecule has 0 saturated carbocycles. The van der Waals surface area contributed by atoms with Crippen molar-refractivity contribution < 1.29 is 0 Å².